The molecule has 0 N–H and O–H groups in total. The zero-order valence-corrected chi connectivity index (χ0v) is 10.1. The minimum Gasteiger partial charge on any atom is -0.331 e. The summed E-state index contributed by atoms with van der Waals surface area (Å²) in [7, 11) is 1.82. The number of carbonyl (C=O) groups is 1. The van der Waals surface area contributed by atoms with Crippen LogP contribution >= 0.6 is 11.3 Å². The average molecular weight is 242 g/mol. The Hall–Kier alpha value is -1.94. The minimum absolute atomic E-state index is 0.0121. The van der Waals surface area contributed by atoms with Gasteiger partial charge in [0.05, 0.1) is 12.5 Å². The Morgan fingerprint density at radius 3 is 3.00 bits per heavy atom. The van der Waals surface area contributed by atoms with Gasteiger partial charge in [0.15, 0.2) is 0 Å². The van der Waals surface area contributed by atoms with Gasteiger partial charge in [0, 0.05) is 17.3 Å². The smallest absolute Gasteiger partial charge is 0.211 e. The molecule has 2 heterocycles. The van der Waals surface area contributed by atoms with Gasteiger partial charge < -0.3 is 4.57 Å². The van der Waals surface area contributed by atoms with Crippen LogP contribution in [0.1, 0.15) is 16.1 Å². The molecule has 0 saturated heterocycles. The minimum atomic E-state index is 0.0121. The summed E-state index contributed by atoms with van der Waals surface area (Å²) in [6.07, 6.45) is 3.23. The summed E-state index contributed by atoms with van der Waals surface area (Å²) in [6, 6.07) is 7.82. The van der Waals surface area contributed by atoms with Crippen molar-refractivity contribution in [3.63, 3.8) is 0 Å². The van der Waals surface area contributed by atoms with Gasteiger partial charge in [-0.15, -0.1) is 11.3 Å². The van der Waals surface area contributed by atoms with E-state index in [1.807, 2.05) is 36.7 Å². The summed E-state index contributed by atoms with van der Waals surface area (Å²) in [6.45, 7) is 0. The van der Waals surface area contributed by atoms with Crippen LogP contribution < -0.4 is 0 Å². The topological polar surface area (TPSA) is 34.9 Å². The molecule has 3 aromatic rings. The van der Waals surface area contributed by atoms with Crippen molar-refractivity contribution in [1.82, 2.24) is 9.55 Å². The number of rotatable bonds is 2. The zero-order chi connectivity index (χ0) is 11.8. The largest absolute Gasteiger partial charge is 0.331 e. The first-order valence-electron chi connectivity index (χ1n) is 5.24. The molecule has 0 fully saturated rings. The molecule has 0 saturated carbocycles. The molecule has 0 spiro atoms. The number of carbonyl (C=O) groups excluding carboxylic acids is 1. The van der Waals surface area contributed by atoms with Gasteiger partial charge in [0.25, 0.3) is 0 Å². The van der Waals surface area contributed by atoms with E-state index in [-0.39, 0.29) is 5.78 Å². The lowest BCUT2D eigenvalue weighted by atomic mass is 10.1. The number of hydrogen-bond donors (Lipinski definition) is 0. The van der Waals surface area contributed by atoms with Crippen molar-refractivity contribution in [3.05, 3.63) is 53.4 Å². The zero-order valence-electron chi connectivity index (χ0n) is 9.25. The van der Waals surface area contributed by atoms with Crippen molar-refractivity contribution >= 4 is 27.2 Å². The molecule has 0 atom stereocenters. The molecule has 4 heteroatoms. The van der Waals surface area contributed by atoms with Crippen molar-refractivity contribution in [2.75, 3.05) is 0 Å². The number of ketones is 1. The van der Waals surface area contributed by atoms with E-state index in [2.05, 4.69) is 4.98 Å². The monoisotopic (exact) mass is 242 g/mol. The standard InChI is InChI=1S/C13H10N2OS/c1-15-8-14-7-11(15)13(16)10-2-3-12-9(6-10)4-5-17-12/h2-8H,1H3. The quantitative estimate of drug-likeness (QED) is 0.648. The lowest BCUT2D eigenvalue weighted by Gasteiger charge is -2.01. The maximum Gasteiger partial charge on any atom is 0.211 e. The molecule has 0 radical (unpaired) electrons. The Labute approximate surface area is 102 Å². The number of aryl methyl sites for hydroxylation is 1. The molecule has 0 amide bonds. The van der Waals surface area contributed by atoms with Gasteiger partial charge >= 0.3 is 0 Å². The number of fused-ring (bicyclic) bond motifs is 1. The molecule has 3 rings (SSSR count). The van der Waals surface area contributed by atoms with Crippen LogP contribution in [0.2, 0.25) is 0 Å². The van der Waals surface area contributed by atoms with Crippen LogP contribution in [0, 0.1) is 0 Å². The summed E-state index contributed by atoms with van der Waals surface area (Å²) < 4.78 is 2.94. The summed E-state index contributed by atoms with van der Waals surface area (Å²) in [5.74, 6) is 0.0121. The Kier molecular flexibility index (Phi) is 2.30. The molecule has 17 heavy (non-hydrogen) atoms. The Balaban J connectivity index is 2.09. The van der Waals surface area contributed by atoms with Crippen LogP contribution in [0.5, 0.6) is 0 Å². The molecule has 0 aliphatic rings. The number of hydrogen-bond acceptors (Lipinski definition) is 3. The fourth-order valence-electron chi connectivity index (χ4n) is 1.83. The second-order valence-electron chi connectivity index (χ2n) is 3.89. The Bertz CT molecular complexity index is 696. The van der Waals surface area contributed by atoms with Crippen molar-refractivity contribution in [3.8, 4) is 0 Å². The van der Waals surface area contributed by atoms with Crippen molar-refractivity contribution in [2.24, 2.45) is 7.05 Å². The highest BCUT2D eigenvalue weighted by atomic mass is 32.1. The number of thiophene rings is 1. The summed E-state index contributed by atoms with van der Waals surface area (Å²) >= 11 is 1.68. The maximum atomic E-state index is 12.2. The molecule has 84 valence electrons. The summed E-state index contributed by atoms with van der Waals surface area (Å²) in [4.78, 5) is 16.2. The third-order valence-corrected chi connectivity index (χ3v) is 3.66. The van der Waals surface area contributed by atoms with Crippen LogP contribution in [0.4, 0.5) is 0 Å². The van der Waals surface area contributed by atoms with E-state index in [0.717, 1.165) is 5.39 Å². The van der Waals surface area contributed by atoms with Gasteiger partial charge in [0.2, 0.25) is 5.78 Å². The number of imidazole rings is 1. The van der Waals surface area contributed by atoms with E-state index in [9.17, 15) is 4.79 Å². The first-order chi connectivity index (χ1) is 8.25. The molecule has 1 aromatic carbocycles. The highest BCUT2D eigenvalue weighted by Crippen LogP contribution is 2.22. The second kappa shape index (κ2) is 3.82. The van der Waals surface area contributed by atoms with Crippen molar-refractivity contribution < 1.29 is 4.79 Å². The predicted octanol–water partition coefficient (Wildman–Crippen LogP) is 2.87. The highest BCUT2D eigenvalue weighted by molar-refractivity contribution is 7.17. The Morgan fingerprint density at radius 1 is 1.35 bits per heavy atom. The predicted molar refractivity (Wildman–Crippen MR) is 68.5 cm³/mol. The van der Waals surface area contributed by atoms with Gasteiger partial charge in [0.1, 0.15) is 5.69 Å². The Morgan fingerprint density at radius 2 is 2.24 bits per heavy atom. The van der Waals surface area contributed by atoms with Gasteiger partial charge in [-0.3, -0.25) is 4.79 Å². The lowest BCUT2D eigenvalue weighted by molar-refractivity contribution is 0.103. The molecule has 3 nitrogen and oxygen atoms in total. The highest BCUT2D eigenvalue weighted by Gasteiger charge is 2.12. The number of benzene rings is 1. The van der Waals surface area contributed by atoms with E-state index < -0.39 is 0 Å². The van der Waals surface area contributed by atoms with Gasteiger partial charge in [-0.2, -0.15) is 0 Å². The summed E-state index contributed by atoms with van der Waals surface area (Å²) in [5.41, 5.74) is 1.32. The molecular formula is C13H10N2OS. The summed E-state index contributed by atoms with van der Waals surface area (Å²) in [5, 5.41) is 3.14. The van der Waals surface area contributed by atoms with E-state index in [1.165, 1.54) is 4.70 Å². The molecule has 0 aliphatic heterocycles. The van der Waals surface area contributed by atoms with E-state index in [1.54, 1.807) is 28.4 Å². The third-order valence-electron chi connectivity index (χ3n) is 2.76. The first kappa shape index (κ1) is 10.2. The van der Waals surface area contributed by atoms with Gasteiger partial charge in [-0.1, -0.05) is 0 Å². The number of nitrogens with zero attached hydrogens (tertiary/aromatic N) is 2. The number of aromatic nitrogens is 2. The van der Waals surface area contributed by atoms with Crippen LogP contribution in [-0.2, 0) is 7.05 Å². The third kappa shape index (κ3) is 1.66. The van der Waals surface area contributed by atoms with Gasteiger partial charge in [-0.25, -0.2) is 4.98 Å². The second-order valence-corrected chi connectivity index (χ2v) is 4.84. The molecule has 0 bridgehead atoms. The van der Waals surface area contributed by atoms with Gasteiger partial charge in [-0.05, 0) is 35.0 Å². The first-order valence-corrected chi connectivity index (χ1v) is 6.12. The lowest BCUT2D eigenvalue weighted by Crippen LogP contribution is -2.06. The van der Waals surface area contributed by atoms with Crippen molar-refractivity contribution in [1.29, 1.82) is 0 Å². The maximum absolute atomic E-state index is 12.2. The van der Waals surface area contributed by atoms with Crippen molar-refractivity contribution in [2.45, 2.75) is 0 Å². The molecule has 0 unspecified atom stereocenters. The van der Waals surface area contributed by atoms with Crippen LogP contribution in [0.15, 0.2) is 42.2 Å². The van der Waals surface area contributed by atoms with E-state index >= 15 is 0 Å². The molecule has 2 aromatic heterocycles. The molecule has 0 aliphatic carbocycles. The average Bonchev–Trinajstić information content (AvgIpc) is 2.95. The normalized spacial score (nSPS) is 10.9. The molecular weight excluding hydrogens is 232 g/mol. The van der Waals surface area contributed by atoms with E-state index in [0.29, 0.717) is 11.3 Å². The van der Waals surface area contributed by atoms with Crippen LogP contribution in [0.25, 0.3) is 10.1 Å². The SMILES string of the molecule is Cn1cncc1C(=O)c1ccc2sccc2c1. The fourth-order valence-corrected chi connectivity index (χ4v) is 2.60. The van der Waals surface area contributed by atoms with E-state index in [4.69, 9.17) is 0 Å². The van der Waals surface area contributed by atoms with Crippen LogP contribution in [-0.4, -0.2) is 15.3 Å². The fraction of sp³-hybridized carbons (Fsp3) is 0.0769. The van der Waals surface area contributed by atoms with Crippen LogP contribution in [0.3, 0.4) is 0 Å².